The molecule has 0 saturated heterocycles. The van der Waals surface area contributed by atoms with Crippen LogP contribution >= 0.6 is 0 Å². The van der Waals surface area contributed by atoms with Gasteiger partial charge in [0.05, 0.1) is 22.8 Å². The number of aromatic nitrogens is 3. The standard InChI is InChI=1S/C24H25N6O.C2H6.K/c1-14-8-5-6-11-18(14)30-19(12-17-10-7-9-15(2)20(17)24(30)31)16(3)29-22(25)21-23(26-4)28-13-27-21;1-2;/h5-13,16H,1-4H3,(H3-,25,26,27,28,29);1-2H3;/q-1;;+1. The summed E-state index contributed by atoms with van der Waals surface area (Å²) >= 11 is 0. The van der Waals surface area contributed by atoms with E-state index in [0.717, 1.165) is 27.9 Å². The van der Waals surface area contributed by atoms with Gasteiger partial charge in [0.25, 0.3) is 5.56 Å². The van der Waals surface area contributed by atoms with Crippen LogP contribution in [0.25, 0.3) is 21.8 Å². The molecule has 4 aromatic rings. The number of pyridine rings is 1. The molecule has 0 amide bonds. The summed E-state index contributed by atoms with van der Waals surface area (Å²) in [4.78, 5) is 25.5. The number of fused-ring (bicyclic) bond motifs is 1. The van der Waals surface area contributed by atoms with E-state index in [1.807, 2.05) is 83.1 Å². The molecule has 0 aliphatic rings. The molecule has 2 aromatic carbocycles. The average Bonchev–Trinajstić information content (AvgIpc) is 3.30. The third-order valence-electron chi connectivity index (χ3n) is 5.49. The fourth-order valence-corrected chi connectivity index (χ4v) is 3.91. The number of amidine groups is 1. The molecule has 1 unspecified atom stereocenters. The van der Waals surface area contributed by atoms with Crippen molar-refractivity contribution in [3.8, 4) is 5.69 Å². The topological polar surface area (TPSA) is 103 Å². The second kappa shape index (κ2) is 12.5. The van der Waals surface area contributed by atoms with Crippen molar-refractivity contribution in [1.82, 2.24) is 14.5 Å². The summed E-state index contributed by atoms with van der Waals surface area (Å²) in [5, 5.41) is 5.73. The number of rotatable bonds is 5. The zero-order chi connectivity index (χ0) is 24.1. The molecule has 2 aromatic heterocycles. The van der Waals surface area contributed by atoms with E-state index in [9.17, 15) is 4.79 Å². The van der Waals surface area contributed by atoms with Crippen molar-refractivity contribution in [2.24, 2.45) is 10.7 Å². The predicted octanol–water partition coefficient (Wildman–Crippen LogP) is 2.46. The Labute approximate surface area is 243 Å². The molecule has 8 heteroatoms. The van der Waals surface area contributed by atoms with Crippen molar-refractivity contribution >= 4 is 22.4 Å². The number of nitrogens with zero attached hydrogens (tertiary/aromatic N) is 4. The van der Waals surface area contributed by atoms with Crippen LogP contribution in [0.1, 0.15) is 49.3 Å². The molecule has 0 aliphatic carbocycles. The number of H-pyrrole nitrogens is 1. The number of nitrogens with one attached hydrogen (secondary N) is 1. The maximum atomic E-state index is 13.7. The molecule has 4 rings (SSSR count). The number of nitrogens with two attached hydrogens (primary N) is 1. The Morgan fingerprint density at radius 2 is 1.79 bits per heavy atom. The molecular weight excluding hydrogens is 451 g/mol. The van der Waals surface area contributed by atoms with E-state index in [-0.39, 0.29) is 62.8 Å². The largest absolute Gasteiger partial charge is 1.00 e. The van der Waals surface area contributed by atoms with Gasteiger partial charge in [-0.3, -0.25) is 19.3 Å². The van der Waals surface area contributed by atoms with Gasteiger partial charge in [-0.15, -0.1) is 0 Å². The molecule has 7 nitrogen and oxygen atoms in total. The Hall–Kier alpha value is -2.23. The van der Waals surface area contributed by atoms with Crippen LogP contribution in [-0.2, 0) is 0 Å². The summed E-state index contributed by atoms with van der Waals surface area (Å²) in [6, 6.07) is 15.3. The first-order valence-corrected chi connectivity index (χ1v) is 11.1. The smallest absolute Gasteiger partial charge is 0.467 e. The van der Waals surface area contributed by atoms with E-state index in [1.165, 1.54) is 6.33 Å². The molecular formula is C26H31KN6O. The van der Waals surface area contributed by atoms with Gasteiger partial charge in [0.2, 0.25) is 0 Å². The molecule has 0 bridgehead atoms. The van der Waals surface area contributed by atoms with Crippen LogP contribution in [0.4, 0.5) is 5.82 Å². The Morgan fingerprint density at radius 3 is 2.47 bits per heavy atom. The van der Waals surface area contributed by atoms with Gasteiger partial charge >= 0.3 is 51.4 Å². The van der Waals surface area contributed by atoms with E-state index >= 15 is 0 Å². The monoisotopic (exact) mass is 482 g/mol. The molecule has 0 radical (unpaired) electrons. The molecule has 0 saturated carbocycles. The van der Waals surface area contributed by atoms with E-state index < -0.39 is 6.04 Å². The Balaban J connectivity index is 0.00000133. The van der Waals surface area contributed by atoms with Crippen molar-refractivity contribution in [3.63, 3.8) is 0 Å². The third kappa shape index (κ3) is 5.53. The normalized spacial score (nSPS) is 11.9. The number of aliphatic imine (C=N–C) groups is 1. The minimum Gasteiger partial charge on any atom is -0.467 e. The zero-order valence-electron chi connectivity index (χ0n) is 21.0. The van der Waals surface area contributed by atoms with Crippen LogP contribution in [0.5, 0.6) is 0 Å². The number of hydrogen-bond acceptors (Lipinski definition) is 3. The number of aryl methyl sites for hydroxylation is 2. The molecule has 1 atom stereocenters. The van der Waals surface area contributed by atoms with Gasteiger partial charge in [0, 0.05) is 6.33 Å². The number of imidazole rings is 1. The van der Waals surface area contributed by atoms with Gasteiger partial charge < -0.3 is 16.0 Å². The van der Waals surface area contributed by atoms with Crippen LogP contribution in [0.3, 0.4) is 0 Å². The Bertz CT molecular complexity index is 1360. The Morgan fingerprint density at radius 1 is 1.12 bits per heavy atom. The van der Waals surface area contributed by atoms with Crippen LogP contribution in [0, 0.1) is 13.8 Å². The summed E-state index contributed by atoms with van der Waals surface area (Å²) in [7, 11) is 1.66. The molecule has 2 heterocycles. The molecule has 3 N–H and O–H groups in total. The Kier molecular flexibility index (Phi) is 10.3. The number of aromatic amines is 1. The van der Waals surface area contributed by atoms with Gasteiger partial charge in [-0.2, -0.15) is 0 Å². The first kappa shape index (κ1) is 28.0. The fourth-order valence-electron chi connectivity index (χ4n) is 3.91. The van der Waals surface area contributed by atoms with Gasteiger partial charge in [-0.25, -0.2) is 0 Å². The van der Waals surface area contributed by atoms with Gasteiger partial charge in [0.1, 0.15) is 11.5 Å². The van der Waals surface area contributed by atoms with Gasteiger partial charge in [0.15, 0.2) is 0 Å². The van der Waals surface area contributed by atoms with Crippen LogP contribution in [0.2, 0.25) is 0 Å². The summed E-state index contributed by atoms with van der Waals surface area (Å²) in [5.74, 6) is 0.835. The first-order valence-electron chi connectivity index (χ1n) is 11.1. The van der Waals surface area contributed by atoms with Crippen LogP contribution in [0.15, 0.2) is 64.6 Å². The molecule has 0 spiro atoms. The second-order valence-electron chi connectivity index (χ2n) is 7.55. The average molecular weight is 483 g/mol. The van der Waals surface area contributed by atoms with Crippen LogP contribution in [-0.4, -0.2) is 27.4 Å². The van der Waals surface area contributed by atoms with Crippen molar-refractivity contribution in [1.29, 1.82) is 0 Å². The van der Waals surface area contributed by atoms with Gasteiger partial charge in [-0.1, -0.05) is 57.3 Å². The summed E-state index contributed by atoms with van der Waals surface area (Å²) in [6.45, 7) is 9.88. The summed E-state index contributed by atoms with van der Waals surface area (Å²) < 4.78 is 1.75. The maximum Gasteiger partial charge on any atom is 1.00 e. The van der Waals surface area contributed by atoms with Gasteiger partial charge in [-0.05, 0) is 55.2 Å². The van der Waals surface area contributed by atoms with E-state index in [0.29, 0.717) is 16.9 Å². The zero-order valence-corrected chi connectivity index (χ0v) is 24.2. The fraction of sp³-hybridized carbons (Fsp3) is 0.269. The van der Waals surface area contributed by atoms with Crippen molar-refractivity contribution in [2.75, 3.05) is 7.05 Å². The summed E-state index contributed by atoms with van der Waals surface area (Å²) in [6.07, 6.45) is 1.53. The molecule has 0 aliphatic heterocycles. The van der Waals surface area contributed by atoms with Crippen molar-refractivity contribution < 1.29 is 51.4 Å². The van der Waals surface area contributed by atoms with Crippen molar-refractivity contribution in [2.45, 2.75) is 40.7 Å². The van der Waals surface area contributed by atoms with Crippen molar-refractivity contribution in [3.05, 3.63) is 93.0 Å². The molecule has 0 fully saturated rings. The number of benzene rings is 2. The molecule has 172 valence electrons. The minimum absolute atomic E-state index is 0. The van der Waals surface area contributed by atoms with E-state index in [1.54, 1.807) is 11.6 Å². The number of hydrogen-bond donors (Lipinski definition) is 2. The third-order valence-corrected chi connectivity index (χ3v) is 5.49. The quantitative estimate of drug-likeness (QED) is 0.259. The maximum absolute atomic E-state index is 13.7. The second-order valence-corrected chi connectivity index (χ2v) is 7.55. The van der Waals surface area contributed by atoms with E-state index in [2.05, 4.69) is 20.3 Å². The van der Waals surface area contributed by atoms with E-state index in [4.69, 9.17) is 5.73 Å². The SMILES string of the molecule is CC.C[N-]c1[nH]cnc1C(N)=NC(C)c1cc2cccc(C)c2c(=O)n1-c1ccccc1C.[K+]. The first-order chi connectivity index (χ1) is 15.9. The van der Waals surface area contributed by atoms with Crippen LogP contribution < -0.4 is 62.7 Å². The summed E-state index contributed by atoms with van der Waals surface area (Å²) in [5.41, 5.74) is 10.2. The number of para-hydroxylation sites is 1. The molecule has 34 heavy (non-hydrogen) atoms. The predicted molar refractivity (Wildman–Crippen MR) is 137 cm³/mol. The minimum atomic E-state index is -0.390.